The molecule has 0 bridgehead atoms. The second kappa shape index (κ2) is 11.1. The highest BCUT2D eigenvalue weighted by Gasteiger charge is 2.18. The van der Waals surface area contributed by atoms with E-state index in [1.807, 2.05) is 12.1 Å². The molecule has 0 spiro atoms. The van der Waals surface area contributed by atoms with Gasteiger partial charge in [0.1, 0.15) is 0 Å². The largest absolute Gasteiger partial charge is 0.420 e. The number of hydrogen-bond acceptors (Lipinski definition) is 3. The third-order valence-electron chi connectivity index (χ3n) is 5.64. The highest BCUT2D eigenvalue weighted by Crippen LogP contribution is 2.27. The number of ether oxygens (including phenoxy) is 1. The quantitative estimate of drug-likeness (QED) is 0.215. The Hall–Kier alpha value is -2.46. The Morgan fingerprint density at radius 3 is 2.40 bits per heavy atom. The van der Waals surface area contributed by atoms with E-state index in [1.165, 1.54) is 43.4 Å². The van der Waals surface area contributed by atoms with Crippen LogP contribution in [0.25, 0.3) is 11.1 Å². The fourth-order valence-corrected chi connectivity index (χ4v) is 3.83. The normalized spacial score (nSPS) is 14.5. The molecule has 0 atom stereocenters. The summed E-state index contributed by atoms with van der Waals surface area (Å²) in [7, 11) is 0. The van der Waals surface area contributed by atoms with Crippen LogP contribution in [0.1, 0.15) is 51.0 Å². The topological polar surface area (TPSA) is 29.5 Å². The molecule has 1 aliphatic heterocycles. The van der Waals surface area contributed by atoms with Crippen molar-refractivity contribution in [2.24, 2.45) is 0 Å². The minimum Gasteiger partial charge on any atom is -0.420 e. The predicted octanol–water partition coefficient (Wildman–Crippen LogP) is 6.17. The number of benzene rings is 2. The summed E-state index contributed by atoms with van der Waals surface area (Å²) < 4.78 is 19.9. The van der Waals surface area contributed by atoms with Gasteiger partial charge in [-0.15, -0.1) is 0 Å². The van der Waals surface area contributed by atoms with Gasteiger partial charge in [-0.3, -0.25) is 4.90 Å². The third-order valence-corrected chi connectivity index (χ3v) is 5.64. The van der Waals surface area contributed by atoms with Gasteiger partial charge in [-0.05, 0) is 67.6 Å². The first-order chi connectivity index (χ1) is 14.6. The lowest BCUT2D eigenvalue weighted by Crippen LogP contribution is -2.33. The summed E-state index contributed by atoms with van der Waals surface area (Å²) in [6.45, 7) is 8.44. The van der Waals surface area contributed by atoms with Crippen molar-refractivity contribution < 1.29 is 13.9 Å². The molecule has 30 heavy (non-hydrogen) atoms. The highest BCUT2D eigenvalue weighted by molar-refractivity contribution is 5.90. The van der Waals surface area contributed by atoms with E-state index >= 15 is 0 Å². The molecule has 4 heteroatoms. The van der Waals surface area contributed by atoms with Crippen molar-refractivity contribution in [1.82, 2.24) is 4.90 Å². The number of esters is 1. The van der Waals surface area contributed by atoms with Crippen LogP contribution in [0.2, 0.25) is 0 Å². The molecule has 0 radical (unpaired) electrons. The summed E-state index contributed by atoms with van der Waals surface area (Å²) in [5.74, 6) is -1.16. The summed E-state index contributed by atoms with van der Waals surface area (Å²) in [4.78, 5) is 14.5. The number of nitrogens with zero attached hydrogens (tertiary/aromatic N) is 1. The van der Waals surface area contributed by atoms with Crippen LogP contribution in [0, 0.1) is 5.82 Å². The van der Waals surface area contributed by atoms with Gasteiger partial charge in [-0.1, -0.05) is 63.1 Å². The molecule has 160 valence electrons. The van der Waals surface area contributed by atoms with Crippen LogP contribution in [0.5, 0.6) is 5.75 Å². The van der Waals surface area contributed by atoms with Crippen molar-refractivity contribution in [3.05, 3.63) is 66.0 Å². The summed E-state index contributed by atoms with van der Waals surface area (Å²) in [5, 5.41) is 0. The van der Waals surface area contributed by atoms with Gasteiger partial charge in [0.25, 0.3) is 0 Å². The number of carbonyl (C=O) groups excluding carboxylic acids is 1. The Bertz CT molecular complexity index is 854. The van der Waals surface area contributed by atoms with Crippen LogP contribution >= 0.6 is 0 Å². The molecule has 1 heterocycles. The lowest BCUT2D eigenvalue weighted by atomic mass is 10.0. The van der Waals surface area contributed by atoms with E-state index in [4.69, 9.17) is 4.74 Å². The first-order valence-corrected chi connectivity index (χ1v) is 11.1. The Kier molecular flexibility index (Phi) is 8.21. The van der Waals surface area contributed by atoms with E-state index in [0.717, 1.165) is 43.5 Å². The Labute approximate surface area is 179 Å². The standard InChI is InChI=1S/C26H32FNO2/c1-3-4-6-9-21-10-12-22(13-11-21)23-14-15-25(24(27)18-23)30-26(29)20(2)19-28-16-7-5-8-17-28/h10-15,18H,2-9,16-17,19H2,1H3. The second-order valence-corrected chi connectivity index (χ2v) is 8.13. The van der Waals surface area contributed by atoms with Gasteiger partial charge in [0.05, 0.1) is 0 Å². The predicted molar refractivity (Wildman–Crippen MR) is 120 cm³/mol. The number of halogens is 1. The van der Waals surface area contributed by atoms with Crippen LogP contribution in [0.3, 0.4) is 0 Å². The third kappa shape index (κ3) is 6.27. The van der Waals surface area contributed by atoms with E-state index in [9.17, 15) is 9.18 Å². The van der Waals surface area contributed by atoms with E-state index < -0.39 is 11.8 Å². The average molecular weight is 410 g/mol. The average Bonchev–Trinajstić information content (AvgIpc) is 2.76. The highest BCUT2D eigenvalue weighted by atomic mass is 19.1. The molecule has 1 saturated heterocycles. The number of likely N-dealkylation sites (tertiary alicyclic amines) is 1. The first-order valence-electron chi connectivity index (χ1n) is 11.1. The number of hydrogen-bond donors (Lipinski definition) is 0. The van der Waals surface area contributed by atoms with Gasteiger partial charge < -0.3 is 4.74 Å². The molecule has 0 aromatic heterocycles. The van der Waals surface area contributed by atoms with Crippen molar-refractivity contribution in [3.8, 4) is 16.9 Å². The van der Waals surface area contributed by atoms with E-state index in [1.54, 1.807) is 6.07 Å². The minimum absolute atomic E-state index is 0.0558. The molecule has 0 amide bonds. The lowest BCUT2D eigenvalue weighted by Gasteiger charge is -2.26. The molecule has 2 aromatic carbocycles. The Balaban J connectivity index is 1.59. The van der Waals surface area contributed by atoms with Crippen LogP contribution < -0.4 is 4.74 Å². The molecule has 0 aliphatic carbocycles. The summed E-state index contributed by atoms with van der Waals surface area (Å²) in [6, 6.07) is 13.0. The molecule has 0 saturated carbocycles. The zero-order valence-electron chi connectivity index (χ0n) is 18.0. The molecular formula is C26H32FNO2. The van der Waals surface area contributed by atoms with Gasteiger partial charge in [-0.2, -0.15) is 0 Å². The molecule has 0 N–H and O–H groups in total. The van der Waals surface area contributed by atoms with Crippen molar-refractivity contribution in [1.29, 1.82) is 0 Å². The molecule has 3 rings (SSSR count). The van der Waals surface area contributed by atoms with Gasteiger partial charge in [0.15, 0.2) is 11.6 Å². The first kappa shape index (κ1) is 22.2. The monoisotopic (exact) mass is 409 g/mol. The number of carbonyl (C=O) groups is 1. The summed E-state index contributed by atoms with van der Waals surface area (Å²) >= 11 is 0. The molecule has 3 nitrogen and oxygen atoms in total. The minimum atomic E-state index is -0.566. The maximum atomic E-state index is 14.6. The van der Waals surface area contributed by atoms with Crippen molar-refractivity contribution in [2.45, 2.75) is 51.9 Å². The zero-order chi connectivity index (χ0) is 21.3. The van der Waals surface area contributed by atoms with Crippen molar-refractivity contribution in [2.75, 3.05) is 19.6 Å². The van der Waals surface area contributed by atoms with Crippen molar-refractivity contribution in [3.63, 3.8) is 0 Å². The molecule has 1 aliphatic rings. The second-order valence-electron chi connectivity index (χ2n) is 8.13. The maximum absolute atomic E-state index is 14.6. The Morgan fingerprint density at radius 2 is 1.73 bits per heavy atom. The molecular weight excluding hydrogens is 377 g/mol. The maximum Gasteiger partial charge on any atom is 0.340 e. The molecule has 0 unspecified atom stereocenters. The van der Waals surface area contributed by atoms with Crippen LogP contribution in [0.15, 0.2) is 54.6 Å². The fraction of sp³-hybridized carbons (Fsp3) is 0.423. The number of rotatable bonds is 9. The van der Waals surface area contributed by atoms with Gasteiger partial charge in [0.2, 0.25) is 0 Å². The SMILES string of the molecule is C=C(CN1CCCCC1)C(=O)Oc1ccc(-c2ccc(CCCCC)cc2)cc1F. The van der Waals surface area contributed by atoms with Gasteiger partial charge in [0, 0.05) is 12.1 Å². The lowest BCUT2D eigenvalue weighted by molar-refractivity contribution is -0.130. The van der Waals surface area contributed by atoms with E-state index in [-0.39, 0.29) is 5.75 Å². The van der Waals surface area contributed by atoms with Gasteiger partial charge in [-0.25, -0.2) is 9.18 Å². The van der Waals surface area contributed by atoms with Crippen molar-refractivity contribution >= 4 is 5.97 Å². The zero-order valence-corrected chi connectivity index (χ0v) is 18.0. The Morgan fingerprint density at radius 1 is 1.03 bits per heavy atom. The van der Waals surface area contributed by atoms with Gasteiger partial charge >= 0.3 is 5.97 Å². The molecule has 2 aromatic rings. The summed E-state index contributed by atoms with van der Waals surface area (Å²) in [5.41, 5.74) is 3.37. The number of aryl methyl sites for hydroxylation is 1. The summed E-state index contributed by atoms with van der Waals surface area (Å²) in [6.07, 6.45) is 8.20. The van der Waals surface area contributed by atoms with Crippen LogP contribution in [0.4, 0.5) is 4.39 Å². The fourth-order valence-electron chi connectivity index (χ4n) is 3.83. The van der Waals surface area contributed by atoms with Crippen LogP contribution in [-0.2, 0) is 11.2 Å². The van der Waals surface area contributed by atoms with Crippen LogP contribution in [-0.4, -0.2) is 30.5 Å². The van der Waals surface area contributed by atoms with E-state index in [2.05, 4.69) is 30.5 Å². The number of piperidine rings is 1. The smallest absolute Gasteiger partial charge is 0.340 e. The van der Waals surface area contributed by atoms with E-state index in [0.29, 0.717) is 12.1 Å². The number of unbranched alkanes of at least 4 members (excludes halogenated alkanes) is 2. The molecule has 1 fully saturated rings.